The van der Waals surface area contributed by atoms with Crippen LogP contribution in [0, 0.1) is 5.82 Å². The number of aromatic amines is 1. The monoisotopic (exact) mass is 279 g/mol. The van der Waals surface area contributed by atoms with Gasteiger partial charge in [0.15, 0.2) is 5.16 Å². The summed E-state index contributed by atoms with van der Waals surface area (Å²) in [6.07, 6.45) is 1.41. The second kappa shape index (κ2) is 5.99. The predicted molar refractivity (Wildman–Crippen MR) is 72.9 cm³/mol. The SMILES string of the molecule is CNC(C)c1cccc(F)c1Sc1nccc(=O)[nH]1. The minimum atomic E-state index is -0.323. The molecule has 19 heavy (non-hydrogen) atoms. The first-order chi connectivity index (χ1) is 9.11. The number of benzene rings is 1. The number of hydrogen-bond donors (Lipinski definition) is 2. The van der Waals surface area contributed by atoms with Crippen molar-refractivity contribution in [3.8, 4) is 0 Å². The van der Waals surface area contributed by atoms with Crippen LogP contribution in [0.3, 0.4) is 0 Å². The molecule has 0 aliphatic heterocycles. The summed E-state index contributed by atoms with van der Waals surface area (Å²) in [6, 6.07) is 6.25. The van der Waals surface area contributed by atoms with Crippen molar-refractivity contribution in [3.63, 3.8) is 0 Å². The summed E-state index contributed by atoms with van der Waals surface area (Å²) < 4.78 is 14.0. The molecule has 2 rings (SSSR count). The molecule has 1 unspecified atom stereocenters. The summed E-state index contributed by atoms with van der Waals surface area (Å²) in [4.78, 5) is 18.3. The predicted octanol–water partition coefficient (Wildman–Crippen LogP) is 2.34. The molecule has 0 fully saturated rings. The fourth-order valence-electron chi connectivity index (χ4n) is 1.63. The molecule has 0 saturated heterocycles. The van der Waals surface area contributed by atoms with Gasteiger partial charge in [0.2, 0.25) is 0 Å². The Morgan fingerprint density at radius 3 is 2.89 bits per heavy atom. The Morgan fingerprint density at radius 1 is 1.42 bits per heavy atom. The molecule has 0 saturated carbocycles. The van der Waals surface area contributed by atoms with E-state index >= 15 is 0 Å². The van der Waals surface area contributed by atoms with Crippen LogP contribution in [-0.4, -0.2) is 17.0 Å². The molecule has 4 nitrogen and oxygen atoms in total. The molecular weight excluding hydrogens is 265 g/mol. The Kier molecular flexibility index (Phi) is 4.34. The number of aromatic nitrogens is 2. The first-order valence-electron chi connectivity index (χ1n) is 5.80. The summed E-state index contributed by atoms with van der Waals surface area (Å²) in [6.45, 7) is 1.94. The van der Waals surface area contributed by atoms with Crippen LogP contribution in [0.1, 0.15) is 18.5 Å². The lowest BCUT2D eigenvalue weighted by molar-refractivity contribution is 0.575. The summed E-state index contributed by atoms with van der Waals surface area (Å²) in [7, 11) is 1.81. The van der Waals surface area contributed by atoms with E-state index in [9.17, 15) is 9.18 Å². The van der Waals surface area contributed by atoms with E-state index in [-0.39, 0.29) is 17.4 Å². The third-order valence-electron chi connectivity index (χ3n) is 2.74. The van der Waals surface area contributed by atoms with Crippen LogP contribution < -0.4 is 10.9 Å². The molecule has 2 N–H and O–H groups in total. The van der Waals surface area contributed by atoms with Gasteiger partial charge in [-0.2, -0.15) is 0 Å². The molecule has 6 heteroatoms. The lowest BCUT2D eigenvalue weighted by atomic mass is 10.1. The average Bonchev–Trinajstić information content (AvgIpc) is 2.40. The van der Waals surface area contributed by atoms with Gasteiger partial charge in [-0.1, -0.05) is 12.1 Å². The van der Waals surface area contributed by atoms with Crippen LogP contribution in [0.4, 0.5) is 4.39 Å². The van der Waals surface area contributed by atoms with E-state index in [4.69, 9.17) is 0 Å². The molecule has 1 aromatic heterocycles. The zero-order valence-electron chi connectivity index (χ0n) is 10.6. The van der Waals surface area contributed by atoms with Gasteiger partial charge in [0.05, 0.1) is 4.90 Å². The maximum Gasteiger partial charge on any atom is 0.251 e. The van der Waals surface area contributed by atoms with Gasteiger partial charge in [-0.3, -0.25) is 4.79 Å². The second-order valence-corrected chi connectivity index (χ2v) is 5.01. The van der Waals surface area contributed by atoms with Gasteiger partial charge < -0.3 is 10.3 Å². The number of halogens is 1. The van der Waals surface area contributed by atoms with Crippen molar-refractivity contribution < 1.29 is 4.39 Å². The molecule has 0 spiro atoms. The van der Waals surface area contributed by atoms with Crippen molar-refractivity contribution in [3.05, 3.63) is 52.2 Å². The van der Waals surface area contributed by atoms with Gasteiger partial charge in [0.1, 0.15) is 5.82 Å². The zero-order chi connectivity index (χ0) is 13.8. The Balaban J connectivity index is 2.41. The Labute approximate surface area is 114 Å². The van der Waals surface area contributed by atoms with Crippen LogP contribution in [0.5, 0.6) is 0 Å². The van der Waals surface area contributed by atoms with Crippen LogP contribution in [0.2, 0.25) is 0 Å². The van der Waals surface area contributed by atoms with E-state index in [0.29, 0.717) is 10.1 Å². The van der Waals surface area contributed by atoms with Crippen molar-refractivity contribution in [2.24, 2.45) is 0 Å². The fourth-order valence-corrected chi connectivity index (χ4v) is 2.62. The quantitative estimate of drug-likeness (QED) is 0.843. The van der Waals surface area contributed by atoms with E-state index in [1.165, 1.54) is 18.3 Å². The highest BCUT2D eigenvalue weighted by molar-refractivity contribution is 7.99. The molecule has 0 aliphatic rings. The second-order valence-electron chi connectivity index (χ2n) is 4.01. The number of H-pyrrole nitrogens is 1. The molecule has 1 heterocycles. The van der Waals surface area contributed by atoms with Crippen molar-refractivity contribution in [1.82, 2.24) is 15.3 Å². The zero-order valence-corrected chi connectivity index (χ0v) is 11.4. The van der Waals surface area contributed by atoms with Crippen molar-refractivity contribution in [2.75, 3.05) is 7.05 Å². The molecule has 0 aliphatic carbocycles. The third-order valence-corrected chi connectivity index (χ3v) is 3.78. The Hall–Kier alpha value is -1.66. The van der Waals surface area contributed by atoms with Crippen LogP contribution in [0.25, 0.3) is 0 Å². The summed E-state index contributed by atoms with van der Waals surface area (Å²) in [5, 5.41) is 3.45. The van der Waals surface area contributed by atoms with Gasteiger partial charge in [0.25, 0.3) is 5.56 Å². The number of nitrogens with zero attached hydrogens (tertiary/aromatic N) is 1. The highest BCUT2D eigenvalue weighted by Gasteiger charge is 2.15. The van der Waals surface area contributed by atoms with Crippen molar-refractivity contribution in [2.45, 2.75) is 23.0 Å². The number of hydrogen-bond acceptors (Lipinski definition) is 4. The minimum absolute atomic E-state index is 0.00799. The molecule has 0 radical (unpaired) electrons. The summed E-state index contributed by atoms with van der Waals surface area (Å²) in [5.74, 6) is -0.323. The standard InChI is InChI=1S/C13H14FN3OS/c1-8(15-2)9-4-3-5-10(14)12(9)19-13-16-7-6-11(18)17-13/h3-8,15H,1-2H3,(H,16,17,18). The van der Waals surface area contributed by atoms with Gasteiger partial charge in [0, 0.05) is 18.3 Å². The smallest absolute Gasteiger partial charge is 0.251 e. The molecule has 1 atom stereocenters. The topological polar surface area (TPSA) is 57.8 Å². The summed E-state index contributed by atoms with van der Waals surface area (Å²) in [5.41, 5.74) is 0.580. The number of nitrogens with one attached hydrogen (secondary N) is 2. The normalized spacial score (nSPS) is 12.4. The van der Waals surface area contributed by atoms with Crippen LogP contribution in [-0.2, 0) is 0 Å². The Bertz CT molecular complexity index is 629. The first kappa shape index (κ1) is 13.8. The molecule has 1 aromatic carbocycles. The maximum atomic E-state index is 14.0. The highest BCUT2D eigenvalue weighted by atomic mass is 32.2. The van der Waals surface area contributed by atoms with E-state index in [2.05, 4.69) is 15.3 Å². The van der Waals surface area contributed by atoms with E-state index in [1.807, 2.05) is 20.0 Å². The van der Waals surface area contributed by atoms with Crippen molar-refractivity contribution >= 4 is 11.8 Å². The van der Waals surface area contributed by atoms with E-state index in [1.54, 1.807) is 6.07 Å². The summed E-state index contributed by atoms with van der Waals surface area (Å²) >= 11 is 1.12. The minimum Gasteiger partial charge on any atom is -0.313 e. The fraction of sp³-hybridized carbons (Fsp3) is 0.231. The largest absolute Gasteiger partial charge is 0.313 e. The molecular formula is C13H14FN3OS. The highest BCUT2D eigenvalue weighted by Crippen LogP contribution is 2.33. The van der Waals surface area contributed by atoms with Crippen LogP contribution >= 0.6 is 11.8 Å². The molecule has 0 bridgehead atoms. The molecule has 0 amide bonds. The number of rotatable bonds is 4. The lowest BCUT2D eigenvalue weighted by Crippen LogP contribution is -2.14. The van der Waals surface area contributed by atoms with Gasteiger partial charge >= 0.3 is 0 Å². The average molecular weight is 279 g/mol. The van der Waals surface area contributed by atoms with Gasteiger partial charge in [-0.05, 0) is 37.4 Å². The molecule has 100 valence electrons. The third kappa shape index (κ3) is 3.21. The molecule has 2 aromatic rings. The maximum absolute atomic E-state index is 14.0. The lowest BCUT2D eigenvalue weighted by Gasteiger charge is -2.15. The van der Waals surface area contributed by atoms with Gasteiger partial charge in [-0.15, -0.1) is 0 Å². The van der Waals surface area contributed by atoms with Crippen molar-refractivity contribution in [1.29, 1.82) is 0 Å². The first-order valence-corrected chi connectivity index (χ1v) is 6.62. The van der Waals surface area contributed by atoms with E-state index in [0.717, 1.165) is 17.3 Å². The van der Waals surface area contributed by atoms with Gasteiger partial charge in [-0.25, -0.2) is 9.37 Å². The van der Waals surface area contributed by atoms with E-state index < -0.39 is 0 Å². The van der Waals surface area contributed by atoms with Crippen LogP contribution in [0.15, 0.2) is 45.3 Å². The Morgan fingerprint density at radius 2 is 2.21 bits per heavy atom.